The van der Waals surface area contributed by atoms with Crippen LogP contribution in [0.5, 0.6) is 11.5 Å². The van der Waals surface area contributed by atoms with E-state index in [-0.39, 0.29) is 12.3 Å². The highest BCUT2D eigenvalue weighted by molar-refractivity contribution is 6.31. The summed E-state index contributed by atoms with van der Waals surface area (Å²) in [5.41, 5.74) is 1.74. The Morgan fingerprint density at radius 1 is 1.28 bits per heavy atom. The minimum absolute atomic E-state index is 0.0424. The van der Waals surface area contributed by atoms with Crippen LogP contribution >= 0.6 is 11.6 Å². The van der Waals surface area contributed by atoms with Gasteiger partial charge in [0, 0.05) is 36.3 Å². The van der Waals surface area contributed by atoms with Gasteiger partial charge in [-0.15, -0.1) is 6.58 Å². The topological polar surface area (TPSA) is 73.6 Å². The van der Waals surface area contributed by atoms with Gasteiger partial charge in [0.05, 0.1) is 12.0 Å². The van der Waals surface area contributed by atoms with Crippen LogP contribution in [0.1, 0.15) is 11.1 Å². The Labute approximate surface area is 151 Å². The molecular formula is C18H19ClN2O4. The predicted octanol–water partition coefficient (Wildman–Crippen LogP) is 4.11. The third kappa shape index (κ3) is 5.20. The third-order valence-corrected chi connectivity index (χ3v) is 3.83. The summed E-state index contributed by atoms with van der Waals surface area (Å²) in [7, 11) is 1.56. The molecule has 0 bridgehead atoms. The van der Waals surface area contributed by atoms with Gasteiger partial charge < -0.3 is 14.8 Å². The molecule has 25 heavy (non-hydrogen) atoms. The van der Waals surface area contributed by atoms with Crippen LogP contribution in [0.2, 0.25) is 5.02 Å². The molecule has 0 aliphatic carbocycles. The second-order valence-corrected chi connectivity index (χ2v) is 5.63. The first-order chi connectivity index (χ1) is 12.0. The molecule has 2 aromatic carbocycles. The Morgan fingerprint density at radius 2 is 2.00 bits per heavy atom. The third-order valence-electron chi connectivity index (χ3n) is 3.48. The summed E-state index contributed by atoms with van der Waals surface area (Å²) in [6.45, 7) is 5.17. The van der Waals surface area contributed by atoms with Crippen molar-refractivity contribution in [2.45, 2.75) is 13.2 Å². The normalized spacial score (nSPS) is 10.3. The fourth-order valence-electron chi connectivity index (χ4n) is 2.17. The van der Waals surface area contributed by atoms with E-state index in [2.05, 4.69) is 11.9 Å². The van der Waals surface area contributed by atoms with E-state index in [1.54, 1.807) is 31.4 Å². The molecule has 0 heterocycles. The summed E-state index contributed by atoms with van der Waals surface area (Å²) in [5.74, 6) is 1.08. The van der Waals surface area contributed by atoms with E-state index in [4.69, 9.17) is 21.1 Å². The Balaban J connectivity index is 2.09. The van der Waals surface area contributed by atoms with Crippen molar-refractivity contribution in [2.75, 3.05) is 13.7 Å². The molecule has 0 aliphatic rings. The minimum atomic E-state index is -0.438. The van der Waals surface area contributed by atoms with E-state index in [1.165, 1.54) is 12.1 Å². The van der Waals surface area contributed by atoms with E-state index in [0.29, 0.717) is 29.6 Å². The lowest BCUT2D eigenvalue weighted by molar-refractivity contribution is -0.384. The van der Waals surface area contributed by atoms with Crippen molar-refractivity contribution in [1.82, 2.24) is 5.32 Å². The molecule has 2 rings (SSSR count). The van der Waals surface area contributed by atoms with Crippen LogP contribution in [0, 0.1) is 10.1 Å². The van der Waals surface area contributed by atoms with Crippen LogP contribution in [-0.2, 0) is 13.2 Å². The van der Waals surface area contributed by atoms with Crippen molar-refractivity contribution < 1.29 is 14.4 Å². The van der Waals surface area contributed by atoms with Crippen LogP contribution in [0.4, 0.5) is 5.69 Å². The average molecular weight is 363 g/mol. The van der Waals surface area contributed by atoms with E-state index in [1.807, 2.05) is 6.07 Å². The van der Waals surface area contributed by atoms with Crippen LogP contribution in [0.3, 0.4) is 0 Å². The van der Waals surface area contributed by atoms with Crippen molar-refractivity contribution in [2.24, 2.45) is 0 Å². The lowest BCUT2D eigenvalue weighted by Gasteiger charge is -2.14. The molecular weight excluding hydrogens is 344 g/mol. The molecule has 7 heteroatoms. The largest absolute Gasteiger partial charge is 0.493 e. The fourth-order valence-corrected chi connectivity index (χ4v) is 2.39. The van der Waals surface area contributed by atoms with Gasteiger partial charge in [-0.2, -0.15) is 0 Å². The standard InChI is InChI=1S/C18H19ClN2O4/c1-3-8-20-11-14-9-17(24-2)18(10-16(14)19)25-12-13-4-6-15(7-5-13)21(22)23/h3-7,9-10,20H,1,8,11-12H2,2H3. The fraction of sp³-hybridized carbons (Fsp3) is 0.222. The summed E-state index contributed by atoms with van der Waals surface area (Å²) >= 11 is 6.30. The molecule has 2 aromatic rings. The molecule has 0 aliphatic heterocycles. The molecule has 0 atom stereocenters. The number of hydrogen-bond donors (Lipinski definition) is 1. The monoisotopic (exact) mass is 362 g/mol. The molecule has 0 saturated heterocycles. The Bertz CT molecular complexity index is 747. The number of methoxy groups -OCH3 is 1. The Hall–Kier alpha value is -2.57. The molecule has 0 radical (unpaired) electrons. The van der Waals surface area contributed by atoms with Gasteiger partial charge in [0.15, 0.2) is 11.5 Å². The molecule has 0 unspecified atom stereocenters. The van der Waals surface area contributed by atoms with Crippen molar-refractivity contribution in [3.63, 3.8) is 0 Å². The van der Waals surface area contributed by atoms with Crippen molar-refractivity contribution in [3.05, 3.63) is 75.3 Å². The smallest absolute Gasteiger partial charge is 0.269 e. The maximum Gasteiger partial charge on any atom is 0.269 e. The summed E-state index contributed by atoms with van der Waals surface area (Å²) in [5, 5.41) is 14.4. The highest BCUT2D eigenvalue weighted by Gasteiger charge is 2.11. The number of hydrogen-bond acceptors (Lipinski definition) is 5. The summed E-state index contributed by atoms with van der Waals surface area (Å²) in [4.78, 5) is 10.2. The summed E-state index contributed by atoms with van der Waals surface area (Å²) in [6.07, 6.45) is 1.77. The van der Waals surface area contributed by atoms with Gasteiger partial charge in [-0.25, -0.2) is 0 Å². The van der Waals surface area contributed by atoms with Gasteiger partial charge in [0.25, 0.3) is 5.69 Å². The second-order valence-electron chi connectivity index (χ2n) is 5.23. The van der Waals surface area contributed by atoms with E-state index in [9.17, 15) is 10.1 Å². The summed E-state index contributed by atoms with van der Waals surface area (Å²) < 4.78 is 11.1. The molecule has 0 aromatic heterocycles. The maximum atomic E-state index is 10.7. The lowest BCUT2D eigenvalue weighted by Crippen LogP contribution is -2.13. The molecule has 1 N–H and O–H groups in total. The highest BCUT2D eigenvalue weighted by Crippen LogP contribution is 2.34. The van der Waals surface area contributed by atoms with Gasteiger partial charge in [0.1, 0.15) is 6.61 Å². The van der Waals surface area contributed by atoms with E-state index >= 15 is 0 Å². The number of non-ortho nitro benzene ring substituents is 1. The van der Waals surface area contributed by atoms with E-state index in [0.717, 1.165) is 11.1 Å². The van der Waals surface area contributed by atoms with Crippen molar-refractivity contribution in [1.29, 1.82) is 0 Å². The first-order valence-corrected chi connectivity index (χ1v) is 7.97. The Kier molecular flexibility index (Phi) is 6.80. The number of halogens is 1. The first-order valence-electron chi connectivity index (χ1n) is 7.59. The number of rotatable bonds is 9. The minimum Gasteiger partial charge on any atom is -0.493 e. The second kappa shape index (κ2) is 9.05. The number of ether oxygens (including phenoxy) is 2. The van der Waals surface area contributed by atoms with Crippen molar-refractivity contribution in [3.8, 4) is 11.5 Å². The molecule has 0 fully saturated rings. The number of benzene rings is 2. The number of nitrogens with one attached hydrogen (secondary N) is 1. The first kappa shape index (κ1) is 18.8. The van der Waals surface area contributed by atoms with Crippen LogP contribution < -0.4 is 14.8 Å². The van der Waals surface area contributed by atoms with Gasteiger partial charge >= 0.3 is 0 Å². The van der Waals surface area contributed by atoms with Gasteiger partial charge in [-0.05, 0) is 29.3 Å². The van der Waals surface area contributed by atoms with Crippen molar-refractivity contribution >= 4 is 17.3 Å². The van der Waals surface area contributed by atoms with Gasteiger partial charge in [-0.3, -0.25) is 10.1 Å². The molecule has 6 nitrogen and oxygen atoms in total. The number of nitro groups is 1. The van der Waals surface area contributed by atoms with E-state index < -0.39 is 4.92 Å². The predicted molar refractivity (Wildman–Crippen MR) is 97.3 cm³/mol. The van der Waals surface area contributed by atoms with Crippen LogP contribution in [0.15, 0.2) is 49.1 Å². The Morgan fingerprint density at radius 3 is 2.60 bits per heavy atom. The molecule has 0 saturated carbocycles. The lowest BCUT2D eigenvalue weighted by atomic mass is 10.2. The average Bonchev–Trinajstić information content (AvgIpc) is 2.61. The van der Waals surface area contributed by atoms with Crippen LogP contribution in [-0.4, -0.2) is 18.6 Å². The number of nitro benzene ring substituents is 1. The van der Waals surface area contributed by atoms with Gasteiger partial charge in [-0.1, -0.05) is 17.7 Å². The zero-order chi connectivity index (χ0) is 18.2. The molecule has 0 amide bonds. The quantitative estimate of drug-likeness (QED) is 0.314. The van der Waals surface area contributed by atoms with Gasteiger partial charge in [0.2, 0.25) is 0 Å². The maximum absolute atomic E-state index is 10.7. The molecule has 132 valence electrons. The summed E-state index contributed by atoms with van der Waals surface area (Å²) in [6, 6.07) is 9.72. The highest BCUT2D eigenvalue weighted by atomic mass is 35.5. The van der Waals surface area contributed by atoms with Crippen LogP contribution in [0.25, 0.3) is 0 Å². The molecule has 0 spiro atoms. The number of nitrogens with zero attached hydrogens (tertiary/aromatic N) is 1. The zero-order valence-corrected chi connectivity index (χ0v) is 14.6. The SMILES string of the molecule is C=CCNCc1cc(OC)c(OCc2ccc([N+](=O)[O-])cc2)cc1Cl. The zero-order valence-electron chi connectivity index (χ0n) is 13.8.